The van der Waals surface area contributed by atoms with Crippen LogP contribution in [-0.4, -0.2) is 48.9 Å². The third-order valence-corrected chi connectivity index (χ3v) is 3.61. The summed E-state index contributed by atoms with van der Waals surface area (Å²) in [6.07, 6.45) is 4.19. The Labute approximate surface area is 108 Å². The maximum atomic E-state index is 9.85. The third-order valence-electron chi connectivity index (χ3n) is 3.61. The molecule has 1 aliphatic rings. The molecular formula is C12H23N5O. The van der Waals surface area contributed by atoms with Crippen LogP contribution in [0.4, 0.5) is 0 Å². The van der Waals surface area contributed by atoms with E-state index in [9.17, 15) is 5.11 Å². The molecule has 0 radical (unpaired) electrons. The van der Waals surface area contributed by atoms with Gasteiger partial charge in [-0.2, -0.15) is 0 Å². The molecule has 0 bridgehead atoms. The molecule has 2 atom stereocenters. The van der Waals surface area contributed by atoms with Gasteiger partial charge in [-0.1, -0.05) is 13.3 Å². The molecule has 1 aliphatic heterocycles. The Morgan fingerprint density at radius 3 is 3.00 bits per heavy atom. The molecule has 102 valence electrons. The van der Waals surface area contributed by atoms with Crippen molar-refractivity contribution in [3.8, 4) is 0 Å². The molecular weight excluding hydrogens is 230 g/mol. The summed E-state index contributed by atoms with van der Waals surface area (Å²) in [6, 6.07) is 0.241. The minimum atomic E-state index is -0.291. The lowest BCUT2D eigenvalue weighted by molar-refractivity contribution is 0.0294. The van der Waals surface area contributed by atoms with Gasteiger partial charge in [0.2, 0.25) is 0 Å². The Bertz CT molecular complexity index is 365. The van der Waals surface area contributed by atoms with Crippen LogP contribution in [0.25, 0.3) is 0 Å². The number of aromatic nitrogens is 4. The highest BCUT2D eigenvalue weighted by molar-refractivity contribution is 4.87. The number of piperidine rings is 1. The summed E-state index contributed by atoms with van der Waals surface area (Å²) in [6.45, 7) is 6.61. The normalized spacial score (nSPS) is 23.2. The zero-order valence-electron chi connectivity index (χ0n) is 11.3. The van der Waals surface area contributed by atoms with E-state index in [4.69, 9.17) is 0 Å². The first kappa shape index (κ1) is 13.4. The average molecular weight is 253 g/mol. The van der Waals surface area contributed by atoms with Gasteiger partial charge in [-0.3, -0.25) is 4.90 Å². The van der Waals surface area contributed by atoms with E-state index in [0.717, 1.165) is 38.3 Å². The summed E-state index contributed by atoms with van der Waals surface area (Å²) in [5.74, 6) is 0.907. The molecule has 0 saturated carbocycles. The van der Waals surface area contributed by atoms with Crippen molar-refractivity contribution in [2.24, 2.45) is 0 Å². The predicted octanol–water partition coefficient (Wildman–Crippen LogP) is 0.818. The van der Waals surface area contributed by atoms with Gasteiger partial charge in [0.05, 0.1) is 12.6 Å². The fraction of sp³-hybridized carbons (Fsp3) is 0.917. The molecule has 1 saturated heterocycles. The number of rotatable bonds is 5. The number of aryl methyl sites for hydroxylation is 1. The molecule has 0 spiro atoms. The molecule has 1 fully saturated rings. The Balaban J connectivity index is 2.04. The third kappa shape index (κ3) is 3.05. The zero-order chi connectivity index (χ0) is 13.0. The first-order valence-corrected chi connectivity index (χ1v) is 6.89. The molecule has 6 nitrogen and oxygen atoms in total. The van der Waals surface area contributed by atoms with Crippen molar-refractivity contribution in [3.63, 3.8) is 0 Å². The van der Waals surface area contributed by atoms with Crippen LogP contribution in [0.2, 0.25) is 0 Å². The predicted molar refractivity (Wildman–Crippen MR) is 67.8 cm³/mol. The summed E-state index contributed by atoms with van der Waals surface area (Å²) in [5, 5.41) is 21.7. The van der Waals surface area contributed by atoms with Crippen molar-refractivity contribution in [3.05, 3.63) is 5.82 Å². The average Bonchev–Trinajstić information content (AvgIpc) is 2.78. The van der Waals surface area contributed by atoms with Crippen LogP contribution in [0, 0.1) is 0 Å². The minimum absolute atomic E-state index is 0.241. The highest BCUT2D eigenvalue weighted by atomic mass is 16.3. The number of aliphatic hydroxyl groups is 1. The van der Waals surface area contributed by atoms with Gasteiger partial charge in [-0.25, -0.2) is 4.68 Å². The molecule has 2 heterocycles. The monoisotopic (exact) mass is 253 g/mol. The molecule has 6 heteroatoms. The van der Waals surface area contributed by atoms with Crippen LogP contribution in [0.15, 0.2) is 0 Å². The maximum Gasteiger partial charge on any atom is 0.165 e. The number of aliphatic hydroxyl groups excluding tert-OH is 1. The fourth-order valence-corrected chi connectivity index (χ4v) is 2.66. The largest absolute Gasteiger partial charge is 0.392 e. The van der Waals surface area contributed by atoms with Crippen molar-refractivity contribution >= 4 is 0 Å². The highest BCUT2D eigenvalue weighted by Crippen LogP contribution is 2.21. The van der Waals surface area contributed by atoms with Crippen LogP contribution < -0.4 is 0 Å². The van der Waals surface area contributed by atoms with Gasteiger partial charge in [-0.05, 0) is 43.2 Å². The van der Waals surface area contributed by atoms with Crippen molar-refractivity contribution < 1.29 is 5.11 Å². The highest BCUT2D eigenvalue weighted by Gasteiger charge is 2.27. The van der Waals surface area contributed by atoms with Crippen LogP contribution in [0.3, 0.4) is 0 Å². The molecule has 1 N–H and O–H groups in total. The summed E-state index contributed by atoms with van der Waals surface area (Å²) >= 11 is 0. The quantitative estimate of drug-likeness (QED) is 0.841. The molecule has 18 heavy (non-hydrogen) atoms. The van der Waals surface area contributed by atoms with E-state index in [0.29, 0.717) is 0 Å². The van der Waals surface area contributed by atoms with E-state index in [-0.39, 0.29) is 12.1 Å². The van der Waals surface area contributed by atoms with Crippen LogP contribution in [0.1, 0.15) is 45.4 Å². The molecule has 2 rings (SSSR count). The van der Waals surface area contributed by atoms with Crippen molar-refractivity contribution in [1.82, 2.24) is 25.1 Å². The second-order valence-electron chi connectivity index (χ2n) is 5.09. The number of nitrogens with zero attached hydrogens (tertiary/aromatic N) is 5. The van der Waals surface area contributed by atoms with Crippen LogP contribution in [0.5, 0.6) is 0 Å². The van der Waals surface area contributed by atoms with Crippen LogP contribution >= 0.6 is 0 Å². The Morgan fingerprint density at radius 2 is 2.28 bits per heavy atom. The zero-order valence-corrected chi connectivity index (χ0v) is 11.3. The number of likely N-dealkylation sites (tertiary alicyclic amines) is 1. The minimum Gasteiger partial charge on any atom is -0.392 e. The maximum absolute atomic E-state index is 9.85. The van der Waals surface area contributed by atoms with Crippen molar-refractivity contribution in [2.75, 3.05) is 6.54 Å². The smallest absolute Gasteiger partial charge is 0.165 e. The molecule has 0 unspecified atom stereocenters. The summed E-state index contributed by atoms with van der Waals surface area (Å²) in [7, 11) is 0. The van der Waals surface area contributed by atoms with E-state index >= 15 is 0 Å². The number of tetrazole rings is 1. The summed E-state index contributed by atoms with van der Waals surface area (Å²) in [4.78, 5) is 2.31. The molecule has 0 amide bonds. The second-order valence-corrected chi connectivity index (χ2v) is 5.09. The Hall–Kier alpha value is -1.01. The standard InChI is InChI=1S/C12H23N5O/c1-3-7-17-12(13-14-15-17)9-16-8-5-4-6-11(16)10(2)18/h10-11,18H,3-9H2,1-2H3/t10-,11-/m1/s1. The first-order chi connectivity index (χ1) is 8.72. The van der Waals surface area contributed by atoms with E-state index in [2.05, 4.69) is 27.3 Å². The topological polar surface area (TPSA) is 67.1 Å². The lowest BCUT2D eigenvalue weighted by Gasteiger charge is -2.36. The lowest BCUT2D eigenvalue weighted by atomic mass is 9.98. The van der Waals surface area contributed by atoms with Gasteiger partial charge in [-0.15, -0.1) is 5.10 Å². The summed E-state index contributed by atoms with van der Waals surface area (Å²) < 4.78 is 1.87. The fourth-order valence-electron chi connectivity index (χ4n) is 2.66. The van der Waals surface area contributed by atoms with Gasteiger partial charge in [0.15, 0.2) is 5.82 Å². The number of hydrogen-bond donors (Lipinski definition) is 1. The van der Waals surface area contributed by atoms with Crippen molar-refractivity contribution in [2.45, 2.75) is 64.8 Å². The number of hydrogen-bond acceptors (Lipinski definition) is 5. The van der Waals surface area contributed by atoms with E-state index in [1.54, 1.807) is 0 Å². The Kier molecular flexibility index (Phi) is 4.66. The molecule has 0 aromatic carbocycles. The van der Waals surface area contributed by atoms with E-state index in [1.165, 1.54) is 12.8 Å². The summed E-state index contributed by atoms with van der Waals surface area (Å²) in [5.41, 5.74) is 0. The van der Waals surface area contributed by atoms with Gasteiger partial charge in [0.25, 0.3) is 0 Å². The Morgan fingerprint density at radius 1 is 1.44 bits per heavy atom. The second kappa shape index (κ2) is 6.24. The van der Waals surface area contributed by atoms with Gasteiger partial charge < -0.3 is 5.11 Å². The van der Waals surface area contributed by atoms with Gasteiger partial charge in [0, 0.05) is 12.6 Å². The van der Waals surface area contributed by atoms with Gasteiger partial charge in [0.1, 0.15) is 0 Å². The SMILES string of the molecule is CCCn1nnnc1CN1CCCC[C@@H]1[C@@H](C)O. The van der Waals surface area contributed by atoms with Crippen LogP contribution in [-0.2, 0) is 13.1 Å². The molecule has 1 aromatic rings. The van der Waals surface area contributed by atoms with E-state index < -0.39 is 0 Å². The first-order valence-electron chi connectivity index (χ1n) is 6.89. The van der Waals surface area contributed by atoms with Gasteiger partial charge >= 0.3 is 0 Å². The lowest BCUT2D eigenvalue weighted by Crippen LogP contribution is -2.45. The van der Waals surface area contributed by atoms with E-state index in [1.807, 2.05) is 11.6 Å². The molecule has 0 aliphatic carbocycles. The van der Waals surface area contributed by atoms with Crippen molar-refractivity contribution in [1.29, 1.82) is 0 Å². The molecule has 1 aromatic heterocycles.